The monoisotopic (exact) mass is 589 g/mol. The third-order valence-electron chi connectivity index (χ3n) is 6.20. The first kappa shape index (κ1) is 30.5. The number of hydrogen-bond donors (Lipinski definition) is 1. The predicted molar refractivity (Wildman–Crippen MR) is 157 cm³/mol. The molecule has 7 nitrogen and oxygen atoms in total. The van der Waals surface area contributed by atoms with Crippen LogP contribution in [0.5, 0.6) is 0 Å². The normalized spacial score (nSPS) is 12.0. The number of nitrogens with one attached hydrogen (secondary N) is 1. The van der Waals surface area contributed by atoms with Gasteiger partial charge in [-0.15, -0.1) is 0 Å². The van der Waals surface area contributed by atoms with Crippen molar-refractivity contribution in [3.05, 3.63) is 94.0 Å². The molecule has 0 aromatic heterocycles. The molecule has 0 saturated carbocycles. The first-order valence-electron chi connectivity index (χ1n) is 12.7. The summed E-state index contributed by atoms with van der Waals surface area (Å²) in [6, 6.07) is 19.0. The summed E-state index contributed by atoms with van der Waals surface area (Å²) in [5, 5.41) is 3.54. The highest BCUT2D eigenvalue weighted by molar-refractivity contribution is 7.92. The van der Waals surface area contributed by atoms with Crippen molar-refractivity contribution < 1.29 is 18.0 Å². The van der Waals surface area contributed by atoms with Crippen LogP contribution in [0.1, 0.15) is 37.8 Å². The molecule has 0 aliphatic carbocycles. The second-order valence-electron chi connectivity index (χ2n) is 9.15. The highest BCUT2D eigenvalue weighted by Crippen LogP contribution is 2.27. The summed E-state index contributed by atoms with van der Waals surface area (Å²) < 4.78 is 28.6. The van der Waals surface area contributed by atoms with Crippen LogP contribution in [0, 0.1) is 6.92 Å². The summed E-state index contributed by atoms with van der Waals surface area (Å²) in [5.41, 5.74) is 1.95. The lowest BCUT2D eigenvalue weighted by atomic mass is 10.1. The predicted octanol–water partition coefficient (Wildman–Crippen LogP) is 5.83. The van der Waals surface area contributed by atoms with E-state index in [4.69, 9.17) is 23.2 Å². The van der Waals surface area contributed by atoms with Crippen molar-refractivity contribution in [2.24, 2.45) is 0 Å². The SMILES string of the molecule is CCCNC(=O)[C@@H](CC)N(Cc1ccc(Cl)c(Cl)c1)C(=O)CN(c1ccc(C)cc1)S(=O)(=O)c1ccccc1. The number of halogens is 2. The van der Waals surface area contributed by atoms with Gasteiger partial charge in [0, 0.05) is 13.1 Å². The van der Waals surface area contributed by atoms with E-state index in [1.807, 2.05) is 20.8 Å². The third-order valence-corrected chi connectivity index (χ3v) is 8.73. The number of amides is 2. The maximum atomic E-state index is 14.0. The van der Waals surface area contributed by atoms with Crippen LogP contribution in [-0.2, 0) is 26.2 Å². The molecule has 208 valence electrons. The van der Waals surface area contributed by atoms with Gasteiger partial charge in [-0.1, -0.05) is 79.0 Å². The molecule has 1 atom stereocenters. The summed E-state index contributed by atoms with van der Waals surface area (Å²) in [4.78, 5) is 28.6. The molecule has 0 aliphatic rings. The van der Waals surface area contributed by atoms with Gasteiger partial charge in [-0.2, -0.15) is 0 Å². The lowest BCUT2D eigenvalue weighted by Gasteiger charge is -2.33. The zero-order valence-electron chi connectivity index (χ0n) is 22.2. The molecule has 1 N–H and O–H groups in total. The largest absolute Gasteiger partial charge is 0.354 e. The van der Waals surface area contributed by atoms with Crippen molar-refractivity contribution in [2.45, 2.75) is 51.1 Å². The van der Waals surface area contributed by atoms with Crippen LogP contribution < -0.4 is 9.62 Å². The zero-order chi connectivity index (χ0) is 28.6. The first-order valence-corrected chi connectivity index (χ1v) is 14.9. The fourth-order valence-electron chi connectivity index (χ4n) is 4.08. The Balaban J connectivity index is 2.04. The number of aryl methyl sites for hydroxylation is 1. The minimum absolute atomic E-state index is 0.0426. The Morgan fingerprint density at radius 3 is 2.18 bits per heavy atom. The Kier molecular flexibility index (Phi) is 10.8. The van der Waals surface area contributed by atoms with Gasteiger partial charge < -0.3 is 10.2 Å². The van der Waals surface area contributed by atoms with Crippen molar-refractivity contribution in [2.75, 3.05) is 17.4 Å². The lowest BCUT2D eigenvalue weighted by Crippen LogP contribution is -2.52. The quantitative estimate of drug-likeness (QED) is 0.288. The average Bonchev–Trinajstić information content (AvgIpc) is 2.93. The number of hydrogen-bond acceptors (Lipinski definition) is 4. The summed E-state index contributed by atoms with van der Waals surface area (Å²) in [6.45, 7) is 5.64. The molecule has 0 heterocycles. The number of rotatable bonds is 12. The molecule has 0 spiro atoms. The van der Waals surface area contributed by atoms with E-state index in [9.17, 15) is 18.0 Å². The minimum atomic E-state index is -4.10. The molecule has 0 unspecified atom stereocenters. The lowest BCUT2D eigenvalue weighted by molar-refractivity contribution is -0.140. The van der Waals surface area contributed by atoms with Crippen molar-refractivity contribution in [1.29, 1.82) is 0 Å². The van der Waals surface area contributed by atoms with E-state index < -0.39 is 28.5 Å². The smallest absolute Gasteiger partial charge is 0.264 e. The van der Waals surface area contributed by atoms with Gasteiger partial charge in [0.1, 0.15) is 12.6 Å². The van der Waals surface area contributed by atoms with Crippen LogP contribution in [0.25, 0.3) is 0 Å². The molecule has 0 bridgehead atoms. The first-order chi connectivity index (χ1) is 18.6. The molecule has 0 aliphatic heterocycles. The van der Waals surface area contributed by atoms with Crippen LogP contribution in [0.15, 0.2) is 77.7 Å². The maximum Gasteiger partial charge on any atom is 0.264 e. The molecule has 0 radical (unpaired) electrons. The molecular formula is C29H33Cl2N3O4S. The van der Waals surface area contributed by atoms with Gasteiger partial charge >= 0.3 is 0 Å². The van der Waals surface area contributed by atoms with Gasteiger partial charge in [-0.05, 0) is 61.7 Å². The summed E-state index contributed by atoms with van der Waals surface area (Å²) in [5.74, 6) is -0.833. The van der Waals surface area contributed by atoms with Crippen molar-refractivity contribution >= 4 is 50.7 Å². The zero-order valence-corrected chi connectivity index (χ0v) is 24.6. The molecule has 3 rings (SSSR count). The van der Waals surface area contributed by atoms with Gasteiger partial charge in [-0.25, -0.2) is 8.42 Å². The van der Waals surface area contributed by atoms with Gasteiger partial charge in [0.25, 0.3) is 10.0 Å². The Morgan fingerprint density at radius 1 is 0.923 bits per heavy atom. The van der Waals surface area contributed by atoms with Crippen LogP contribution in [0.3, 0.4) is 0 Å². The summed E-state index contributed by atoms with van der Waals surface area (Å²) in [7, 11) is -4.10. The Morgan fingerprint density at radius 2 is 1.59 bits per heavy atom. The van der Waals surface area contributed by atoms with E-state index in [0.717, 1.165) is 16.3 Å². The molecule has 10 heteroatoms. The van der Waals surface area contributed by atoms with Crippen molar-refractivity contribution in [3.8, 4) is 0 Å². The number of sulfonamides is 1. The Hall–Kier alpha value is -3.07. The van der Waals surface area contributed by atoms with Crippen LogP contribution in [0.4, 0.5) is 5.69 Å². The van der Waals surface area contributed by atoms with Crippen LogP contribution in [0.2, 0.25) is 10.0 Å². The highest BCUT2D eigenvalue weighted by Gasteiger charge is 2.33. The van der Waals surface area contributed by atoms with Crippen molar-refractivity contribution in [3.63, 3.8) is 0 Å². The third kappa shape index (κ3) is 7.75. The molecule has 3 aromatic rings. The van der Waals surface area contributed by atoms with Gasteiger partial charge in [0.2, 0.25) is 11.8 Å². The molecular weight excluding hydrogens is 557 g/mol. The topological polar surface area (TPSA) is 86.8 Å². The average molecular weight is 591 g/mol. The highest BCUT2D eigenvalue weighted by atomic mass is 35.5. The van der Waals surface area contributed by atoms with E-state index in [-0.39, 0.29) is 17.3 Å². The Bertz CT molecular complexity index is 1380. The van der Waals surface area contributed by atoms with E-state index >= 15 is 0 Å². The van der Waals surface area contributed by atoms with E-state index in [0.29, 0.717) is 34.3 Å². The second-order valence-corrected chi connectivity index (χ2v) is 11.8. The Labute approximate surface area is 240 Å². The van der Waals surface area contributed by atoms with Crippen molar-refractivity contribution in [1.82, 2.24) is 10.2 Å². The molecule has 3 aromatic carbocycles. The minimum Gasteiger partial charge on any atom is -0.354 e. The van der Waals surface area contributed by atoms with E-state index in [2.05, 4.69) is 5.32 Å². The molecule has 0 saturated heterocycles. The fraction of sp³-hybridized carbons (Fsp3) is 0.310. The fourth-order valence-corrected chi connectivity index (χ4v) is 5.84. The standard InChI is InChI=1S/C29H33Cl2N3O4S/c1-4-17-32-29(36)27(5-2)33(19-22-13-16-25(30)26(31)18-22)28(35)20-34(23-14-11-21(3)12-15-23)39(37,38)24-9-7-6-8-10-24/h6-16,18,27H,4-5,17,19-20H2,1-3H3,(H,32,36)/t27-/m1/s1. The van der Waals surface area contributed by atoms with Gasteiger partial charge in [0.05, 0.1) is 20.6 Å². The second kappa shape index (κ2) is 13.8. The van der Waals surface area contributed by atoms with E-state index in [1.54, 1.807) is 60.7 Å². The van der Waals surface area contributed by atoms with Gasteiger partial charge in [0.15, 0.2) is 0 Å². The number of carbonyl (C=O) groups excluding carboxylic acids is 2. The van der Waals surface area contributed by atoms with E-state index in [1.165, 1.54) is 17.0 Å². The molecule has 39 heavy (non-hydrogen) atoms. The number of benzene rings is 3. The number of anilines is 1. The number of carbonyl (C=O) groups is 2. The van der Waals surface area contributed by atoms with Crippen LogP contribution >= 0.6 is 23.2 Å². The molecule has 2 amide bonds. The maximum absolute atomic E-state index is 14.0. The summed E-state index contributed by atoms with van der Waals surface area (Å²) >= 11 is 12.3. The summed E-state index contributed by atoms with van der Waals surface area (Å²) in [6.07, 6.45) is 1.07. The van der Waals surface area contributed by atoms with Gasteiger partial charge in [-0.3, -0.25) is 13.9 Å². The molecule has 0 fully saturated rings. The number of nitrogens with zero attached hydrogens (tertiary/aromatic N) is 2. The van der Waals surface area contributed by atoms with Crippen LogP contribution in [-0.4, -0.2) is 44.3 Å².